The molecule has 1 aliphatic heterocycles. The third kappa shape index (κ3) is 1.49. The van der Waals surface area contributed by atoms with Crippen LogP contribution >= 0.6 is 0 Å². The van der Waals surface area contributed by atoms with Crippen molar-refractivity contribution in [3.05, 3.63) is 46.5 Å². The zero-order chi connectivity index (χ0) is 12.9. The van der Waals surface area contributed by atoms with E-state index in [1.165, 1.54) is 0 Å². The van der Waals surface area contributed by atoms with Crippen LogP contribution in [0, 0.1) is 27.7 Å². The van der Waals surface area contributed by atoms with Crippen molar-refractivity contribution in [1.29, 1.82) is 0 Å². The lowest BCUT2D eigenvalue weighted by atomic mass is 10.1. The average molecular weight is 240 g/mol. The predicted octanol–water partition coefficient (Wildman–Crippen LogP) is 4.82. The second-order valence-corrected chi connectivity index (χ2v) is 4.92. The second kappa shape index (κ2) is 3.77. The van der Waals surface area contributed by atoms with E-state index in [0.29, 0.717) is 0 Å². The Morgan fingerprint density at radius 1 is 0.500 bits per heavy atom. The standard InChI is InChI=1S/C16H16O2/c1-9-5-6-10(2)14-13(9)17-15-11(3)7-8-12(4)16(15)18-14/h5-8H,1-4H3. The molecule has 2 aromatic rings. The molecule has 0 fully saturated rings. The molecule has 0 aromatic heterocycles. The Morgan fingerprint density at radius 2 is 0.722 bits per heavy atom. The summed E-state index contributed by atoms with van der Waals surface area (Å²) in [7, 11) is 0. The molecule has 0 spiro atoms. The maximum atomic E-state index is 6.08. The van der Waals surface area contributed by atoms with E-state index in [0.717, 1.165) is 45.3 Å². The van der Waals surface area contributed by atoms with E-state index in [1.807, 2.05) is 27.7 Å². The molecule has 0 saturated heterocycles. The van der Waals surface area contributed by atoms with Crippen molar-refractivity contribution in [2.45, 2.75) is 27.7 Å². The number of hydrogen-bond donors (Lipinski definition) is 0. The van der Waals surface area contributed by atoms with E-state index in [2.05, 4.69) is 24.3 Å². The van der Waals surface area contributed by atoms with E-state index in [-0.39, 0.29) is 0 Å². The van der Waals surface area contributed by atoms with Gasteiger partial charge in [0, 0.05) is 0 Å². The van der Waals surface area contributed by atoms with Crippen LogP contribution in [-0.4, -0.2) is 0 Å². The quantitative estimate of drug-likeness (QED) is 0.561. The van der Waals surface area contributed by atoms with Crippen molar-refractivity contribution >= 4 is 0 Å². The molecule has 0 amide bonds. The minimum Gasteiger partial charge on any atom is -0.449 e. The second-order valence-electron chi connectivity index (χ2n) is 4.92. The molecular weight excluding hydrogens is 224 g/mol. The van der Waals surface area contributed by atoms with Gasteiger partial charge >= 0.3 is 0 Å². The molecule has 0 unspecified atom stereocenters. The Labute approximate surface area is 107 Å². The van der Waals surface area contributed by atoms with E-state index < -0.39 is 0 Å². The van der Waals surface area contributed by atoms with Crippen LogP contribution in [0.15, 0.2) is 24.3 Å². The fourth-order valence-corrected chi connectivity index (χ4v) is 2.23. The van der Waals surface area contributed by atoms with Crippen LogP contribution in [0.5, 0.6) is 23.0 Å². The van der Waals surface area contributed by atoms with Gasteiger partial charge in [-0.3, -0.25) is 0 Å². The number of aryl methyl sites for hydroxylation is 4. The van der Waals surface area contributed by atoms with Crippen LogP contribution < -0.4 is 9.47 Å². The molecule has 1 heterocycles. The highest BCUT2D eigenvalue weighted by atomic mass is 16.6. The van der Waals surface area contributed by atoms with Crippen molar-refractivity contribution in [1.82, 2.24) is 0 Å². The van der Waals surface area contributed by atoms with Crippen LogP contribution in [0.1, 0.15) is 22.3 Å². The predicted molar refractivity (Wildman–Crippen MR) is 72.0 cm³/mol. The van der Waals surface area contributed by atoms with Gasteiger partial charge in [0.05, 0.1) is 0 Å². The van der Waals surface area contributed by atoms with Crippen molar-refractivity contribution in [2.75, 3.05) is 0 Å². The molecule has 0 saturated carbocycles. The largest absolute Gasteiger partial charge is 0.449 e. The molecule has 3 rings (SSSR count). The minimum absolute atomic E-state index is 0.844. The molecule has 0 atom stereocenters. The molecule has 0 bridgehead atoms. The Hall–Kier alpha value is -1.96. The molecule has 0 aliphatic carbocycles. The molecule has 92 valence electrons. The number of benzene rings is 2. The summed E-state index contributed by atoms with van der Waals surface area (Å²) in [6.45, 7) is 8.16. The summed E-state index contributed by atoms with van der Waals surface area (Å²) in [4.78, 5) is 0. The summed E-state index contributed by atoms with van der Waals surface area (Å²) < 4.78 is 12.2. The van der Waals surface area contributed by atoms with Gasteiger partial charge in [-0.05, 0) is 49.9 Å². The first kappa shape index (κ1) is 11.1. The number of fused-ring (bicyclic) bond motifs is 2. The van der Waals surface area contributed by atoms with Crippen molar-refractivity contribution in [3.63, 3.8) is 0 Å². The summed E-state index contributed by atoms with van der Waals surface area (Å²) >= 11 is 0. The van der Waals surface area contributed by atoms with Crippen molar-refractivity contribution < 1.29 is 9.47 Å². The maximum absolute atomic E-state index is 6.08. The maximum Gasteiger partial charge on any atom is 0.173 e. The Morgan fingerprint density at radius 3 is 0.944 bits per heavy atom. The molecule has 2 aromatic carbocycles. The summed E-state index contributed by atoms with van der Waals surface area (Å²) in [6, 6.07) is 8.25. The van der Waals surface area contributed by atoms with Crippen LogP contribution in [0.4, 0.5) is 0 Å². The van der Waals surface area contributed by atoms with Gasteiger partial charge in [-0.2, -0.15) is 0 Å². The number of hydrogen-bond acceptors (Lipinski definition) is 2. The lowest BCUT2D eigenvalue weighted by Crippen LogP contribution is -2.04. The van der Waals surface area contributed by atoms with Crippen LogP contribution in [0.25, 0.3) is 0 Å². The summed E-state index contributed by atoms with van der Waals surface area (Å²) in [5, 5.41) is 0. The first-order chi connectivity index (χ1) is 8.58. The van der Waals surface area contributed by atoms with E-state index in [1.54, 1.807) is 0 Å². The highest BCUT2D eigenvalue weighted by Gasteiger charge is 2.24. The zero-order valence-electron chi connectivity index (χ0n) is 11.1. The van der Waals surface area contributed by atoms with E-state index in [9.17, 15) is 0 Å². The van der Waals surface area contributed by atoms with Crippen LogP contribution in [0.2, 0.25) is 0 Å². The fraction of sp³-hybridized carbons (Fsp3) is 0.250. The Kier molecular flexibility index (Phi) is 2.34. The van der Waals surface area contributed by atoms with Gasteiger partial charge in [-0.15, -0.1) is 0 Å². The topological polar surface area (TPSA) is 18.5 Å². The van der Waals surface area contributed by atoms with Gasteiger partial charge in [0.25, 0.3) is 0 Å². The zero-order valence-corrected chi connectivity index (χ0v) is 11.1. The first-order valence-electron chi connectivity index (χ1n) is 6.14. The Bertz CT molecular complexity index is 531. The smallest absolute Gasteiger partial charge is 0.173 e. The monoisotopic (exact) mass is 240 g/mol. The van der Waals surface area contributed by atoms with Crippen molar-refractivity contribution in [2.24, 2.45) is 0 Å². The first-order valence-corrected chi connectivity index (χ1v) is 6.14. The Balaban J connectivity index is 2.24. The normalized spacial score (nSPS) is 12.2. The van der Waals surface area contributed by atoms with E-state index >= 15 is 0 Å². The minimum atomic E-state index is 0.844. The summed E-state index contributed by atoms with van der Waals surface area (Å²) in [6.07, 6.45) is 0. The summed E-state index contributed by atoms with van der Waals surface area (Å²) in [5.74, 6) is 3.37. The van der Waals surface area contributed by atoms with Crippen LogP contribution in [0.3, 0.4) is 0 Å². The van der Waals surface area contributed by atoms with Gasteiger partial charge in [0.2, 0.25) is 0 Å². The molecule has 2 heteroatoms. The summed E-state index contributed by atoms with van der Waals surface area (Å²) in [5.41, 5.74) is 4.40. The van der Waals surface area contributed by atoms with Crippen LogP contribution in [-0.2, 0) is 0 Å². The average Bonchev–Trinajstić information content (AvgIpc) is 2.37. The van der Waals surface area contributed by atoms with Gasteiger partial charge < -0.3 is 9.47 Å². The van der Waals surface area contributed by atoms with Gasteiger partial charge in [-0.25, -0.2) is 0 Å². The highest BCUT2D eigenvalue weighted by Crippen LogP contribution is 2.50. The fourth-order valence-electron chi connectivity index (χ4n) is 2.23. The molecule has 2 nitrogen and oxygen atoms in total. The number of ether oxygens (including phenoxy) is 2. The van der Waals surface area contributed by atoms with Gasteiger partial charge in [0.15, 0.2) is 23.0 Å². The SMILES string of the molecule is Cc1ccc(C)c2c1Oc1c(C)ccc(C)c1O2. The lowest BCUT2D eigenvalue weighted by molar-refractivity contribution is 0.351. The number of rotatable bonds is 0. The third-order valence-corrected chi connectivity index (χ3v) is 3.42. The molecule has 18 heavy (non-hydrogen) atoms. The molecule has 0 radical (unpaired) electrons. The lowest BCUT2D eigenvalue weighted by Gasteiger charge is -2.25. The highest BCUT2D eigenvalue weighted by molar-refractivity contribution is 5.63. The van der Waals surface area contributed by atoms with E-state index in [4.69, 9.17) is 9.47 Å². The van der Waals surface area contributed by atoms with Gasteiger partial charge in [0.1, 0.15) is 0 Å². The van der Waals surface area contributed by atoms with Gasteiger partial charge in [-0.1, -0.05) is 24.3 Å². The molecule has 1 aliphatic rings. The van der Waals surface area contributed by atoms with Crippen molar-refractivity contribution in [3.8, 4) is 23.0 Å². The molecular formula is C16H16O2. The third-order valence-electron chi connectivity index (χ3n) is 3.42. The molecule has 0 N–H and O–H groups in total.